The summed E-state index contributed by atoms with van der Waals surface area (Å²) in [5.41, 5.74) is 7.52. The summed E-state index contributed by atoms with van der Waals surface area (Å²) < 4.78 is 34.4. The molecule has 2 aliphatic heterocycles. The summed E-state index contributed by atoms with van der Waals surface area (Å²) in [5, 5.41) is 0.581. The van der Waals surface area contributed by atoms with Crippen LogP contribution in [0.1, 0.15) is 19.3 Å². The Morgan fingerprint density at radius 2 is 2.18 bits per heavy atom. The van der Waals surface area contributed by atoms with Crippen molar-refractivity contribution in [1.82, 2.24) is 15.4 Å². The second kappa shape index (κ2) is 6.75. The third-order valence-electron chi connectivity index (χ3n) is 3.42. The lowest BCUT2D eigenvalue weighted by Gasteiger charge is -2.28. The van der Waals surface area contributed by atoms with Crippen LogP contribution >= 0.6 is 0 Å². The zero-order chi connectivity index (χ0) is 16.3. The number of nitrogens with one attached hydrogen (secondary N) is 1. The molecule has 2 rings (SSSR count). The van der Waals surface area contributed by atoms with E-state index >= 15 is 0 Å². The van der Waals surface area contributed by atoms with Gasteiger partial charge in [-0.25, -0.2) is 10.3 Å². The number of nitrogens with zero attached hydrogens (tertiary/aromatic N) is 2. The van der Waals surface area contributed by atoms with Crippen molar-refractivity contribution in [3.63, 3.8) is 0 Å². The van der Waals surface area contributed by atoms with Gasteiger partial charge in [-0.15, -0.1) is 4.28 Å². The molecule has 0 aromatic rings. The second-order valence-electron chi connectivity index (χ2n) is 4.97. The average molecular weight is 338 g/mol. The number of urea groups is 1. The molecular weight excluding hydrogens is 320 g/mol. The van der Waals surface area contributed by atoms with E-state index in [1.807, 2.05) is 0 Å². The highest BCUT2D eigenvalue weighted by molar-refractivity contribution is 7.80. The third-order valence-corrected chi connectivity index (χ3v) is 3.77. The quantitative estimate of drug-likeness (QED) is 0.285. The van der Waals surface area contributed by atoms with Crippen LogP contribution in [0.5, 0.6) is 0 Å². The van der Waals surface area contributed by atoms with Crippen molar-refractivity contribution in [3.05, 3.63) is 0 Å². The minimum Gasteiger partial charge on any atom is -0.330 e. The Morgan fingerprint density at radius 3 is 2.82 bits per heavy atom. The molecule has 2 saturated heterocycles. The van der Waals surface area contributed by atoms with Crippen molar-refractivity contribution >= 4 is 22.3 Å². The molecule has 2 atom stereocenters. The number of hydroxylamine groups is 3. The summed E-state index contributed by atoms with van der Waals surface area (Å²) in [6.45, 7) is 0.812. The van der Waals surface area contributed by atoms with Crippen LogP contribution in [0.3, 0.4) is 0 Å². The molecule has 0 aromatic carbocycles. The standard InChI is InChI=1S/C10H18N4O7S/c11-4-1-5-20-12-9(15)8-3-2-7-6-13(8)10(16)14(7)21-22(17,18)19/h7-8H,1-6,11H2,(H,12,15)(H,17,18,19)/t7?,8-/m0/s1. The maximum atomic E-state index is 12.1. The molecule has 0 spiro atoms. The first kappa shape index (κ1) is 16.9. The summed E-state index contributed by atoms with van der Waals surface area (Å²) in [6, 6.07) is -2.10. The fourth-order valence-electron chi connectivity index (χ4n) is 2.45. The number of hydrogen-bond acceptors (Lipinski definition) is 7. The number of fused-ring (bicyclic) bond motifs is 2. The van der Waals surface area contributed by atoms with E-state index in [-0.39, 0.29) is 13.2 Å². The Hall–Kier alpha value is -1.47. The lowest BCUT2D eigenvalue weighted by molar-refractivity contribution is -0.138. The molecule has 22 heavy (non-hydrogen) atoms. The van der Waals surface area contributed by atoms with Gasteiger partial charge in [-0.2, -0.15) is 13.5 Å². The first-order valence-electron chi connectivity index (χ1n) is 6.72. The summed E-state index contributed by atoms with van der Waals surface area (Å²) >= 11 is 0. The fourth-order valence-corrected chi connectivity index (χ4v) is 2.84. The molecule has 2 bridgehead atoms. The van der Waals surface area contributed by atoms with E-state index in [0.717, 1.165) is 0 Å². The molecule has 2 heterocycles. The lowest BCUT2D eigenvalue weighted by atomic mass is 10.0. The number of piperidine rings is 1. The van der Waals surface area contributed by atoms with Crippen molar-refractivity contribution in [2.24, 2.45) is 5.73 Å². The Labute approximate surface area is 127 Å². The van der Waals surface area contributed by atoms with Crippen LogP contribution < -0.4 is 11.2 Å². The van der Waals surface area contributed by atoms with Gasteiger partial charge in [0.1, 0.15) is 6.04 Å². The van der Waals surface area contributed by atoms with E-state index in [0.29, 0.717) is 30.9 Å². The molecular formula is C10H18N4O7S. The van der Waals surface area contributed by atoms with E-state index < -0.39 is 34.4 Å². The maximum Gasteiger partial charge on any atom is 0.418 e. The summed E-state index contributed by atoms with van der Waals surface area (Å²) in [5.74, 6) is -0.502. The van der Waals surface area contributed by atoms with Crippen LogP contribution in [0.15, 0.2) is 0 Å². The van der Waals surface area contributed by atoms with Gasteiger partial charge in [-0.3, -0.25) is 14.2 Å². The molecule has 2 aliphatic rings. The molecule has 0 aromatic heterocycles. The monoisotopic (exact) mass is 338 g/mol. The van der Waals surface area contributed by atoms with Crippen LogP contribution in [0.2, 0.25) is 0 Å². The third kappa shape index (κ3) is 3.84. The van der Waals surface area contributed by atoms with Gasteiger partial charge in [0.25, 0.3) is 5.91 Å². The summed E-state index contributed by atoms with van der Waals surface area (Å²) in [6.07, 6.45) is 1.26. The van der Waals surface area contributed by atoms with Crippen molar-refractivity contribution in [3.8, 4) is 0 Å². The van der Waals surface area contributed by atoms with Gasteiger partial charge in [0, 0.05) is 6.54 Å². The van der Waals surface area contributed by atoms with Crippen LogP contribution in [0.4, 0.5) is 4.79 Å². The first-order chi connectivity index (χ1) is 10.3. The molecule has 3 amide bonds. The number of nitrogens with two attached hydrogens (primary N) is 1. The smallest absolute Gasteiger partial charge is 0.330 e. The van der Waals surface area contributed by atoms with Gasteiger partial charge in [-0.05, 0) is 25.8 Å². The van der Waals surface area contributed by atoms with E-state index in [9.17, 15) is 18.0 Å². The van der Waals surface area contributed by atoms with E-state index in [1.54, 1.807) is 0 Å². The van der Waals surface area contributed by atoms with E-state index in [4.69, 9.17) is 15.1 Å². The average Bonchev–Trinajstić information content (AvgIpc) is 2.67. The van der Waals surface area contributed by atoms with Gasteiger partial charge in [0.15, 0.2) is 0 Å². The Morgan fingerprint density at radius 1 is 1.45 bits per heavy atom. The largest absolute Gasteiger partial charge is 0.418 e. The molecule has 126 valence electrons. The molecule has 2 fully saturated rings. The summed E-state index contributed by atoms with van der Waals surface area (Å²) in [7, 11) is -4.80. The van der Waals surface area contributed by atoms with Crippen molar-refractivity contribution < 1.29 is 31.7 Å². The van der Waals surface area contributed by atoms with E-state index in [2.05, 4.69) is 9.76 Å². The Balaban J connectivity index is 1.95. The molecule has 0 aliphatic carbocycles. The van der Waals surface area contributed by atoms with Crippen molar-refractivity contribution in [2.45, 2.75) is 31.3 Å². The highest BCUT2D eigenvalue weighted by Gasteiger charge is 2.49. The highest BCUT2D eigenvalue weighted by Crippen LogP contribution is 2.30. The molecule has 4 N–H and O–H groups in total. The van der Waals surface area contributed by atoms with Gasteiger partial charge in [-0.1, -0.05) is 0 Å². The minimum atomic E-state index is -4.80. The Kier molecular flexibility index (Phi) is 5.18. The van der Waals surface area contributed by atoms with E-state index in [1.165, 1.54) is 4.90 Å². The second-order valence-corrected chi connectivity index (χ2v) is 5.97. The molecule has 12 heteroatoms. The molecule has 11 nitrogen and oxygen atoms in total. The zero-order valence-electron chi connectivity index (χ0n) is 11.7. The van der Waals surface area contributed by atoms with Gasteiger partial charge >= 0.3 is 16.4 Å². The highest BCUT2D eigenvalue weighted by atomic mass is 32.3. The van der Waals surface area contributed by atoms with Gasteiger partial charge in [0.2, 0.25) is 0 Å². The predicted molar refractivity (Wildman–Crippen MR) is 71.2 cm³/mol. The van der Waals surface area contributed by atoms with Gasteiger partial charge in [0.05, 0.1) is 12.6 Å². The Bertz CT molecular complexity index is 539. The van der Waals surface area contributed by atoms with Crippen molar-refractivity contribution in [1.29, 1.82) is 0 Å². The number of carbonyl (C=O) groups excluding carboxylic acids is 2. The minimum absolute atomic E-state index is 0.134. The number of amides is 3. The van der Waals surface area contributed by atoms with Crippen LogP contribution in [-0.4, -0.2) is 66.7 Å². The SMILES string of the molecule is NCCCONC(=O)[C@@H]1CCC2CN1C(=O)N2OS(=O)(=O)O. The molecule has 0 saturated carbocycles. The van der Waals surface area contributed by atoms with Crippen LogP contribution in [0, 0.1) is 0 Å². The normalized spacial score (nSPS) is 24.7. The number of hydrogen-bond donors (Lipinski definition) is 3. The van der Waals surface area contributed by atoms with Crippen LogP contribution in [-0.2, 0) is 24.3 Å². The van der Waals surface area contributed by atoms with Crippen LogP contribution in [0.25, 0.3) is 0 Å². The summed E-state index contributed by atoms with van der Waals surface area (Å²) in [4.78, 5) is 30.2. The first-order valence-corrected chi connectivity index (χ1v) is 8.08. The lowest BCUT2D eigenvalue weighted by Crippen LogP contribution is -2.49. The molecule has 0 radical (unpaired) electrons. The van der Waals surface area contributed by atoms with Gasteiger partial charge < -0.3 is 10.6 Å². The zero-order valence-corrected chi connectivity index (χ0v) is 12.5. The number of rotatable bonds is 7. The molecule has 1 unspecified atom stereocenters. The topological polar surface area (TPSA) is 151 Å². The maximum absolute atomic E-state index is 12.1. The van der Waals surface area contributed by atoms with Crippen molar-refractivity contribution in [2.75, 3.05) is 19.7 Å². The number of carbonyl (C=O) groups is 2. The fraction of sp³-hybridized carbons (Fsp3) is 0.800. The predicted octanol–water partition coefficient (Wildman–Crippen LogP) is -1.61.